The fraction of sp³-hybridized carbons (Fsp3) is 0.250. The van der Waals surface area contributed by atoms with Gasteiger partial charge in [-0.15, -0.1) is 0 Å². The summed E-state index contributed by atoms with van der Waals surface area (Å²) in [5.74, 6) is -1.66. The molecule has 1 heterocycles. The first-order chi connectivity index (χ1) is 9.42. The van der Waals surface area contributed by atoms with E-state index < -0.39 is 28.0 Å². The van der Waals surface area contributed by atoms with Gasteiger partial charge in [0.05, 0.1) is 5.92 Å². The lowest BCUT2D eigenvalue weighted by Gasteiger charge is -2.12. The number of hydrogen-bond donors (Lipinski definition) is 2. The molecule has 0 saturated heterocycles. The maximum Gasteiger partial charge on any atom is 0.310 e. The number of pyridine rings is 1. The summed E-state index contributed by atoms with van der Waals surface area (Å²) in [6.45, 7) is 0. The average Bonchev–Trinajstić information content (AvgIpc) is 2.87. The quantitative estimate of drug-likeness (QED) is 0.768. The molecule has 104 valence electrons. The topological polar surface area (TPSA) is 120 Å². The van der Waals surface area contributed by atoms with Gasteiger partial charge >= 0.3 is 5.97 Å². The Bertz CT molecular complexity index is 688. The Morgan fingerprint density at radius 3 is 2.70 bits per heavy atom. The van der Waals surface area contributed by atoms with Crippen LogP contribution in [-0.4, -0.2) is 30.5 Å². The van der Waals surface area contributed by atoms with Crippen LogP contribution in [0.2, 0.25) is 0 Å². The maximum absolute atomic E-state index is 12.0. The number of rotatable bonds is 4. The molecule has 0 fully saturated rings. The number of nitriles is 1. The SMILES string of the molecule is N#Cc1ccc(S(=O)(=O)NC2C=CC(C(=O)O)C2)cn1. The van der Waals surface area contributed by atoms with Crippen molar-refractivity contribution >= 4 is 16.0 Å². The van der Waals surface area contributed by atoms with Crippen molar-refractivity contribution in [3.63, 3.8) is 0 Å². The number of hydrogen-bond acceptors (Lipinski definition) is 5. The number of carboxylic acids is 1. The second-order valence-corrected chi connectivity index (χ2v) is 6.00. The standard InChI is InChI=1S/C12H11N3O4S/c13-6-10-3-4-11(7-14-10)20(18,19)15-9-2-1-8(5-9)12(16)17/h1-4,7-9,15H,5H2,(H,16,17). The number of carbonyl (C=O) groups is 1. The number of carboxylic acid groups (broad SMARTS) is 1. The molecule has 0 amide bonds. The van der Waals surface area contributed by atoms with Gasteiger partial charge in [0.15, 0.2) is 0 Å². The second-order valence-electron chi connectivity index (χ2n) is 4.28. The highest BCUT2D eigenvalue weighted by molar-refractivity contribution is 7.89. The van der Waals surface area contributed by atoms with E-state index in [2.05, 4.69) is 9.71 Å². The molecule has 2 atom stereocenters. The minimum atomic E-state index is -3.78. The maximum atomic E-state index is 12.0. The van der Waals surface area contributed by atoms with Gasteiger partial charge in [0.1, 0.15) is 16.7 Å². The van der Waals surface area contributed by atoms with E-state index in [1.165, 1.54) is 24.3 Å². The summed E-state index contributed by atoms with van der Waals surface area (Å²) in [4.78, 5) is 14.4. The molecule has 8 heteroatoms. The molecule has 20 heavy (non-hydrogen) atoms. The predicted molar refractivity (Wildman–Crippen MR) is 67.9 cm³/mol. The third-order valence-electron chi connectivity index (χ3n) is 2.87. The molecule has 2 rings (SSSR count). The van der Waals surface area contributed by atoms with Crippen molar-refractivity contribution in [3.05, 3.63) is 36.2 Å². The van der Waals surface area contributed by atoms with Crippen LogP contribution < -0.4 is 4.72 Å². The van der Waals surface area contributed by atoms with Crippen LogP contribution in [0.5, 0.6) is 0 Å². The largest absolute Gasteiger partial charge is 0.481 e. The summed E-state index contributed by atoms with van der Waals surface area (Å²) in [5.41, 5.74) is 0.121. The zero-order chi connectivity index (χ0) is 14.8. The fourth-order valence-corrected chi connectivity index (χ4v) is 2.99. The normalized spacial score (nSPS) is 21.6. The van der Waals surface area contributed by atoms with Crippen molar-refractivity contribution in [2.24, 2.45) is 5.92 Å². The molecular formula is C12H11N3O4S. The van der Waals surface area contributed by atoms with Gasteiger partial charge < -0.3 is 5.11 Å². The first-order valence-corrected chi connectivity index (χ1v) is 7.20. The van der Waals surface area contributed by atoms with E-state index >= 15 is 0 Å². The van der Waals surface area contributed by atoms with Gasteiger partial charge in [-0.1, -0.05) is 12.2 Å². The summed E-state index contributed by atoms with van der Waals surface area (Å²) in [6, 6.07) is 3.82. The zero-order valence-corrected chi connectivity index (χ0v) is 11.0. The van der Waals surface area contributed by atoms with Crippen molar-refractivity contribution in [1.29, 1.82) is 5.26 Å². The first kappa shape index (κ1) is 14.2. The van der Waals surface area contributed by atoms with Crippen LogP contribution in [0.3, 0.4) is 0 Å². The highest BCUT2D eigenvalue weighted by Gasteiger charge is 2.28. The summed E-state index contributed by atoms with van der Waals surface area (Å²) in [7, 11) is -3.78. The van der Waals surface area contributed by atoms with E-state index in [0.717, 1.165) is 6.20 Å². The van der Waals surface area contributed by atoms with E-state index in [9.17, 15) is 13.2 Å². The summed E-state index contributed by atoms with van der Waals surface area (Å²) in [6.07, 6.45) is 4.26. The molecule has 1 aromatic heterocycles. The second kappa shape index (κ2) is 5.40. The van der Waals surface area contributed by atoms with Crippen LogP contribution in [-0.2, 0) is 14.8 Å². The van der Waals surface area contributed by atoms with Crippen molar-refractivity contribution < 1.29 is 18.3 Å². The van der Waals surface area contributed by atoms with Crippen LogP contribution in [0.1, 0.15) is 12.1 Å². The first-order valence-electron chi connectivity index (χ1n) is 5.72. The Balaban J connectivity index is 2.10. The Morgan fingerprint density at radius 2 is 2.20 bits per heavy atom. The highest BCUT2D eigenvalue weighted by atomic mass is 32.2. The predicted octanol–water partition coefficient (Wildman–Crippen LogP) is 0.261. The lowest BCUT2D eigenvalue weighted by Crippen LogP contribution is -2.33. The van der Waals surface area contributed by atoms with E-state index in [1.807, 2.05) is 0 Å². The van der Waals surface area contributed by atoms with Crippen LogP contribution in [0.4, 0.5) is 0 Å². The van der Waals surface area contributed by atoms with Crippen molar-refractivity contribution in [2.75, 3.05) is 0 Å². The molecule has 2 unspecified atom stereocenters. The van der Waals surface area contributed by atoms with Gasteiger partial charge in [0.25, 0.3) is 0 Å². The van der Waals surface area contributed by atoms with Crippen molar-refractivity contribution in [2.45, 2.75) is 17.4 Å². The van der Waals surface area contributed by atoms with E-state index in [1.54, 1.807) is 6.07 Å². The Morgan fingerprint density at radius 1 is 1.45 bits per heavy atom. The van der Waals surface area contributed by atoms with Crippen LogP contribution in [0.15, 0.2) is 35.4 Å². The summed E-state index contributed by atoms with van der Waals surface area (Å²) >= 11 is 0. The van der Waals surface area contributed by atoms with Crippen molar-refractivity contribution in [3.8, 4) is 6.07 Å². The molecule has 0 aliphatic heterocycles. The van der Waals surface area contributed by atoms with Crippen LogP contribution in [0, 0.1) is 17.2 Å². The highest BCUT2D eigenvalue weighted by Crippen LogP contribution is 2.20. The minimum Gasteiger partial charge on any atom is -0.481 e. The molecule has 1 aliphatic carbocycles. The third kappa shape index (κ3) is 3.01. The summed E-state index contributed by atoms with van der Waals surface area (Å²) in [5, 5.41) is 17.4. The van der Waals surface area contributed by atoms with Crippen LogP contribution >= 0.6 is 0 Å². The van der Waals surface area contributed by atoms with E-state index in [4.69, 9.17) is 10.4 Å². The fourth-order valence-electron chi connectivity index (χ4n) is 1.84. The molecule has 0 saturated carbocycles. The number of nitrogens with zero attached hydrogens (tertiary/aromatic N) is 2. The third-order valence-corrected chi connectivity index (χ3v) is 4.34. The Kier molecular flexibility index (Phi) is 3.83. The number of aromatic nitrogens is 1. The van der Waals surface area contributed by atoms with Crippen molar-refractivity contribution in [1.82, 2.24) is 9.71 Å². The molecule has 0 radical (unpaired) electrons. The van der Waals surface area contributed by atoms with Gasteiger partial charge in [-0.2, -0.15) is 5.26 Å². The zero-order valence-electron chi connectivity index (χ0n) is 10.2. The van der Waals surface area contributed by atoms with E-state index in [-0.39, 0.29) is 17.0 Å². The minimum absolute atomic E-state index is 0.0660. The molecular weight excluding hydrogens is 282 g/mol. The molecule has 0 bridgehead atoms. The lowest BCUT2D eigenvalue weighted by atomic mass is 10.1. The van der Waals surface area contributed by atoms with Gasteiger partial charge in [0.2, 0.25) is 10.0 Å². The number of aliphatic carboxylic acids is 1. The van der Waals surface area contributed by atoms with Gasteiger partial charge in [-0.25, -0.2) is 18.1 Å². The molecule has 0 spiro atoms. The Hall–Kier alpha value is -2.24. The average molecular weight is 293 g/mol. The lowest BCUT2D eigenvalue weighted by molar-refractivity contribution is -0.140. The van der Waals surface area contributed by atoms with Gasteiger partial charge in [0, 0.05) is 12.2 Å². The monoisotopic (exact) mass is 293 g/mol. The molecule has 1 aromatic rings. The van der Waals surface area contributed by atoms with E-state index in [0.29, 0.717) is 0 Å². The molecule has 2 N–H and O–H groups in total. The molecule has 1 aliphatic rings. The number of sulfonamides is 1. The van der Waals surface area contributed by atoms with Gasteiger partial charge in [-0.3, -0.25) is 4.79 Å². The van der Waals surface area contributed by atoms with Gasteiger partial charge in [-0.05, 0) is 18.6 Å². The smallest absolute Gasteiger partial charge is 0.310 e. The Labute approximate surface area is 115 Å². The number of nitrogens with one attached hydrogen (secondary N) is 1. The molecule has 0 aromatic carbocycles. The van der Waals surface area contributed by atoms with Crippen LogP contribution in [0.25, 0.3) is 0 Å². The molecule has 7 nitrogen and oxygen atoms in total. The summed E-state index contributed by atoms with van der Waals surface area (Å²) < 4.78 is 26.5.